The minimum absolute atomic E-state index is 0.0400. The molecule has 0 unspecified atom stereocenters. The van der Waals surface area contributed by atoms with Gasteiger partial charge in [-0.1, -0.05) is 35.4 Å². The monoisotopic (exact) mass is 502 g/mol. The molecule has 0 bridgehead atoms. The van der Waals surface area contributed by atoms with Gasteiger partial charge < -0.3 is 14.8 Å². The molecule has 3 aromatic carbocycles. The van der Waals surface area contributed by atoms with Crippen molar-refractivity contribution >= 4 is 33.2 Å². The van der Waals surface area contributed by atoms with Crippen molar-refractivity contribution in [1.82, 2.24) is 5.32 Å². The molecule has 0 saturated heterocycles. The van der Waals surface area contributed by atoms with Gasteiger partial charge in [-0.15, -0.1) is 0 Å². The number of ether oxygens (including phenoxy) is 2. The van der Waals surface area contributed by atoms with Crippen molar-refractivity contribution < 1.29 is 22.7 Å². The Morgan fingerprint density at radius 3 is 2.18 bits per heavy atom. The van der Waals surface area contributed by atoms with Gasteiger partial charge in [-0.05, 0) is 67.9 Å². The predicted molar refractivity (Wildman–Crippen MR) is 133 cm³/mol. The van der Waals surface area contributed by atoms with Crippen molar-refractivity contribution in [3.63, 3.8) is 0 Å². The van der Waals surface area contributed by atoms with Crippen LogP contribution in [-0.2, 0) is 14.8 Å². The number of hydrogen-bond acceptors (Lipinski definition) is 5. The Kier molecular flexibility index (Phi) is 8.06. The van der Waals surface area contributed by atoms with Gasteiger partial charge in [0.2, 0.25) is 5.91 Å². The standard InChI is InChI=1S/C25H27ClN2O5S/c1-17-5-10-21(11-6-17)28(34(30,31)22-12-8-20(26)9-13-22)16-25(29)27-18(2)19-7-14-23(32-3)24(15-19)33-4/h5-15,18H,16H2,1-4H3,(H,27,29)/t18-/m0/s1. The Labute approximate surface area is 205 Å². The molecule has 0 aromatic heterocycles. The van der Waals surface area contributed by atoms with Crippen LogP contribution in [0.15, 0.2) is 71.6 Å². The zero-order chi connectivity index (χ0) is 24.9. The van der Waals surface area contributed by atoms with Crippen LogP contribution in [0.1, 0.15) is 24.1 Å². The summed E-state index contributed by atoms with van der Waals surface area (Å²) in [6.45, 7) is 3.31. The Hall–Kier alpha value is -3.23. The van der Waals surface area contributed by atoms with Crippen molar-refractivity contribution in [2.24, 2.45) is 0 Å². The summed E-state index contributed by atoms with van der Waals surface area (Å²) in [7, 11) is -0.943. The lowest BCUT2D eigenvalue weighted by molar-refractivity contribution is -0.120. The number of amides is 1. The lowest BCUT2D eigenvalue weighted by Gasteiger charge is -2.25. The van der Waals surface area contributed by atoms with Crippen LogP contribution in [0, 0.1) is 6.92 Å². The molecule has 0 heterocycles. The van der Waals surface area contributed by atoms with E-state index in [0.29, 0.717) is 22.2 Å². The largest absolute Gasteiger partial charge is 0.493 e. The van der Waals surface area contributed by atoms with Crippen LogP contribution >= 0.6 is 11.6 Å². The van der Waals surface area contributed by atoms with Gasteiger partial charge in [0.1, 0.15) is 6.54 Å². The fourth-order valence-corrected chi connectivity index (χ4v) is 4.93. The molecule has 7 nitrogen and oxygen atoms in total. The summed E-state index contributed by atoms with van der Waals surface area (Å²) in [6.07, 6.45) is 0. The molecule has 0 aliphatic carbocycles. The zero-order valence-corrected chi connectivity index (χ0v) is 21.0. The predicted octanol–water partition coefficient (Wildman–Crippen LogP) is 4.74. The average Bonchev–Trinajstić information content (AvgIpc) is 2.82. The number of carbonyl (C=O) groups is 1. The van der Waals surface area contributed by atoms with Crippen LogP contribution in [0.2, 0.25) is 5.02 Å². The maximum Gasteiger partial charge on any atom is 0.264 e. The first-order valence-electron chi connectivity index (χ1n) is 10.5. The van der Waals surface area contributed by atoms with Crippen LogP contribution in [0.4, 0.5) is 5.69 Å². The van der Waals surface area contributed by atoms with Crippen molar-refractivity contribution in [1.29, 1.82) is 0 Å². The minimum Gasteiger partial charge on any atom is -0.493 e. The highest BCUT2D eigenvalue weighted by Crippen LogP contribution is 2.30. The van der Waals surface area contributed by atoms with Crippen molar-refractivity contribution in [3.8, 4) is 11.5 Å². The molecule has 3 rings (SSSR count). The number of halogens is 1. The van der Waals surface area contributed by atoms with Gasteiger partial charge in [-0.2, -0.15) is 0 Å². The van der Waals surface area contributed by atoms with Gasteiger partial charge in [-0.3, -0.25) is 9.10 Å². The molecule has 1 N–H and O–H groups in total. The quantitative estimate of drug-likeness (QED) is 0.457. The number of nitrogens with zero attached hydrogens (tertiary/aromatic N) is 1. The summed E-state index contributed by atoms with van der Waals surface area (Å²) < 4.78 is 38.6. The van der Waals surface area contributed by atoms with E-state index in [9.17, 15) is 13.2 Å². The van der Waals surface area contributed by atoms with Gasteiger partial charge in [-0.25, -0.2) is 8.42 Å². The van der Waals surface area contributed by atoms with Gasteiger partial charge in [0.25, 0.3) is 10.0 Å². The number of carbonyl (C=O) groups excluding carboxylic acids is 1. The van der Waals surface area contributed by atoms with Gasteiger partial charge in [0.05, 0.1) is 30.8 Å². The summed E-state index contributed by atoms with van der Waals surface area (Å²) in [5, 5.41) is 3.29. The normalized spacial score (nSPS) is 12.0. The summed E-state index contributed by atoms with van der Waals surface area (Å²) in [5.41, 5.74) is 2.14. The van der Waals surface area contributed by atoms with Crippen molar-refractivity contribution in [3.05, 3.63) is 82.9 Å². The van der Waals surface area contributed by atoms with Gasteiger partial charge in [0, 0.05) is 5.02 Å². The zero-order valence-electron chi connectivity index (χ0n) is 19.4. The topological polar surface area (TPSA) is 84.9 Å². The number of aryl methyl sites for hydroxylation is 1. The van der Waals surface area contributed by atoms with Gasteiger partial charge >= 0.3 is 0 Å². The fraction of sp³-hybridized carbons (Fsp3) is 0.240. The van der Waals surface area contributed by atoms with Crippen LogP contribution in [0.25, 0.3) is 0 Å². The number of sulfonamides is 1. The van der Waals surface area contributed by atoms with E-state index >= 15 is 0 Å². The molecular weight excluding hydrogens is 476 g/mol. The molecule has 0 aliphatic heterocycles. The molecule has 34 heavy (non-hydrogen) atoms. The molecule has 0 saturated carbocycles. The summed E-state index contributed by atoms with van der Waals surface area (Å²) in [6, 6.07) is 17.7. The van der Waals surface area contributed by atoms with E-state index in [0.717, 1.165) is 15.4 Å². The van der Waals surface area contributed by atoms with Gasteiger partial charge in [0.15, 0.2) is 11.5 Å². The van der Waals surface area contributed by atoms with Crippen LogP contribution in [0.3, 0.4) is 0 Å². The molecule has 180 valence electrons. The third kappa shape index (κ3) is 5.81. The second kappa shape index (κ2) is 10.8. The highest BCUT2D eigenvalue weighted by atomic mass is 35.5. The number of benzene rings is 3. The molecule has 1 amide bonds. The second-order valence-corrected chi connectivity index (χ2v) is 10.0. The van der Waals surface area contributed by atoms with E-state index in [2.05, 4.69) is 5.32 Å². The third-order valence-electron chi connectivity index (χ3n) is 5.30. The third-order valence-corrected chi connectivity index (χ3v) is 7.34. The average molecular weight is 503 g/mol. The Morgan fingerprint density at radius 1 is 0.971 bits per heavy atom. The lowest BCUT2D eigenvalue weighted by atomic mass is 10.1. The van der Waals surface area contributed by atoms with Crippen LogP contribution < -0.4 is 19.1 Å². The molecule has 0 radical (unpaired) electrons. The highest BCUT2D eigenvalue weighted by molar-refractivity contribution is 7.92. The van der Waals surface area contributed by atoms with Crippen molar-refractivity contribution in [2.45, 2.75) is 24.8 Å². The number of anilines is 1. The first-order valence-corrected chi connectivity index (χ1v) is 12.3. The summed E-state index contributed by atoms with van der Waals surface area (Å²) >= 11 is 5.93. The van der Waals surface area contributed by atoms with Crippen molar-refractivity contribution in [2.75, 3.05) is 25.1 Å². The first-order chi connectivity index (χ1) is 16.1. The Balaban J connectivity index is 1.87. The maximum atomic E-state index is 13.4. The van der Waals surface area contributed by atoms with E-state index in [4.69, 9.17) is 21.1 Å². The fourth-order valence-electron chi connectivity index (χ4n) is 3.38. The molecule has 3 aromatic rings. The molecule has 0 aliphatic rings. The van der Waals surface area contributed by atoms with E-state index in [-0.39, 0.29) is 4.90 Å². The van der Waals surface area contributed by atoms with Crippen LogP contribution in [-0.4, -0.2) is 35.1 Å². The van der Waals surface area contributed by atoms with E-state index in [1.165, 1.54) is 31.4 Å². The molecular formula is C25H27ClN2O5S. The summed E-state index contributed by atoms with van der Waals surface area (Å²) in [4.78, 5) is 13.0. The number of hydrogen-bond donors (Lipinski definition) is 1. The number of methoxy groups -OCH3 is 2. The molecule has 0 fully saturated rings. The smallest absolute Gasteiger partial charge is 0.264 e. The lowest BCUT2D eigenvalue weighted by Crippen LogP contribution is -2.41. The van der Waals surface area contributed by atoms with Crippen LogP contribution in [0.5, 0.6) is 11.5 Å². The molecule has 9 heteroatoms. The molecule has 0 spiro atoms. The van der Waals surface area contributed by atoms with E-state index < -0.39 is 28.5 Å². The first kappa shape index (κ1) is 25.4. The van der Waals surface area contributed by atoms with E-state index in [1.807, 2.05) is 19.9 Å². The maximum absolute atomic E-state index is 13.4. The summed E-state index contributed by atoms with van der Waals surface area (Å²) in [5.74, 6) is 0.650. The number of rotatable bonds is 9. The number of nitrogens with one attached hydrogen (secondary N) is 1. The second-order valence-electron chi connectivity index (χ2n) is 7.70. The SMILES string of the molecule is COc1ccc([C@H](C)NC(=O)CN(c2ccc(C)cc2)S(=O)(=O)c2ccc(Cl)cc2)cc1OC. The Morgan fingerprint density at radius 2 is 1.59 bits per heavy atom. The Bertz CT molecular complexity index is 1250. The molecule has 1 atom stereocenters. The minimum atomic E-state index is -4.02. The highest BCUT2D eigenvalue weighted by Gasteiger charge is 2.28. The van der Waals surface area contributed by atoms with E-state index in [1.54, 1.807) is 43.5 Å².